The Morgan fingerprint density at radius 1 is 1.12 bits per heavy atom. The quantitative estimate of drug-likeness (QED) is 0.582. The normalized spacial score (nSPS) is 10.4. The second kappa shape index (κ2) is 9.21. The van der Waals surface area contributed by atoms with E-state index in [1.807, 2.05) is 31.3 Å². The molecule has 0 amide bonds. The predicted molar refractivity (Wildman–Crippen MR) is 104 cm³/mol. The third-order valence-corrected chi connectivity index (χ3v) is 3.82. The Labute approximate surface area is 158 Å². The molecule has 0 aliphatic heterocycles. The zero-order valence-electron chi connectivity index (χ0n) is 15.0. The number of hydrogen-bond acceptors (Lipinski definition) is 7. The van der Waals surface area contributed by atoms with E-state index >= 15 is 0 Å². The second-order valence-electron chi connectivity index (χ2n) is 5.49. The van der Waals surface area contributed by atoms with E-state index in [1.54, 1.807) is 25.1 Å². The number of anilines is 2. The van der Waals surface area contributed by atoms with Crippen molar-refractivity contribution in [3.63, 3.8) is 0 Å². The minimum atomic E-state index is 0. The van der Waals surface area contributed by atoms with E-state index in [1.165, 1.54) is 0 Å². The van der Waals surface area contributed by atoms with Crippen LogP contribution in [-0.2, 0) is 18.3 Å². The van der Waals surface area contributed by atoms with Crippen molar-refractivity contribution in [1.82, 2.24) is 19.7 Å². The fourth-order valence-corrected chi connectivity index (χ4v) is 2.53. The number of para-hydroxylation sites is 1. The molecule has 140 valence electrons. The summed E-state index contributed by atoms with van der Waals surface area (Å²) in [5, 5.41) is 11.7. The number of aryl methyl sites for hydroxylation is 1. The molecule has 2 N–H and O–H groups in total. The predicted octanol–water partition coefficient (Wildman–Crippen LogP) is 2.46. The molecule has 0 fully saturated rings. The molecule has 0 radical (unpaired) electrons. The molecule has 0 saturated carbocycles. The molecule has 8 nitrogen and oxygen atoms in total. The van der Waals surface area contributed by atoms with E-state index in [0.717, 1.165) is 28.2 Å². The van der Waals surface area contributed by atoms with E-state index in [9.17, 15) is 0 Å². The van der Waals surface area contributed by atoms with Gasteiger partial charge in [0.1, 0.15) is 11.6 Å². The lowest BCUT2D eigenvalue weighted by Crippen LogP contribution is -2.12. The van der Waals surface area contributed by atoms with Gasteiger partial charge in [-0.05, 0) is 6.07 Å². The molecular formula is C17H23ClN6O2. The third kappa shape index (κ3) is 4.33. The highest BCUT2D eigenvalue weighted by Gasteiger charge is 2.12. The maximum Gasteiger partial charge on any atom is 0.226 e. The number of halogens is 1. The van der Waals surface area contributed by atoms with Crippen LogP contribution in [0.15, 0.2) is 30.5 Å². The summed E-state index contributed by atoms with van der Waals surface area (Å²) in [5.41, 5.74) is 1.81. The number of nitrogens with one attached hydrogen (secondary N) is 2. The van der Waals surface area contributed by atoms with Gasteiger partial charge in [0.25, 0.3) is 0 Å². The zero-order valence-corrected chi connectivity index (χ0v) is 15.8. The second-order valence-corrected chi connectivity index (χ2v) is 5.49. The first-order valence-electron chi connectivity index (χ1n) is 8.01. The minimum absolute atomic E-state index is 0. The molecule has 0 aliphatic carbocycles. The number of nitrogens with zero attached hydrogens (tertiary/aromatic N) is 4. The van der Waals surface area contributed by atoms with Gasteiger partial charge < -0.3 is 20.1 Å². The lowest BCUT2D eigenvalue weighted by atomic mass is 10.2. The molecule has 0 aliphatic rings. The molecule has 3 rings (SSSR count). The Morgan fingerprint density at radius 3 is 2.69 bits per heavy atom. The number of rotatable bonds is 8. The Kier molecular flexibility index (Phi) is 6.99. The average Bonchev–Trinajstić information content (AvgIpc) is 3.01. The van der Waals surface area contributed by atoms with Gasteiger partial charge in [-0.3, -0.25) is 4.68 Å². The van der Waals surface area contributed by atoms with Gasteiger partial charge in [0.2, 0.25) is 5.95 Å². The third-order valence-electron chi connectivity index (χ3n) is 3.82. The Morgan fingerprint density at radius 2 is 1.92 bits per heavy atom. The average molecular weight is 379 g/mol. The lowest BCUT2D eigenvalue weighted by molar-refractivity contribution is 0.210. The number of aromatic nitrogens is 4. The van der Waals surface area contributed by atoms with E-state index in [0.29, 0.717) is 25.6 Å². The summed E-state index contributed by atoms with van der Waals surface area (Å²) in [6.45, 7) is 1.80. The van der Waals surface area contributed by atoms with Crippen LogP contribution in [0, 0.1) is 0 Å². The highest BCUT2D eigenvalue weighted by Crippen LogP contribution is 2.24. The molecule has 26 heavy (non-hydrogen) atoms. The number of hydrogen-bond donors (Lipinski definition) is 2. The molecule has 3 aromatic rings. The van der Waals surface area contributed by atoms with Gasteiger partial charge in [-0.25, -0.2) is 0 Å². The summed E-state index contributed by atoms with van der Waals surface area (Å²) in [5.74, 6) is 2.10. The van der Waals surface area contributed by atoms with Crippen LogP contribution in [0.4, 0.5) is 11.8 Å². The van der Waals surface area contributed by atoms with Crippen molar-refractivity contribution in [1.29, 1.82) is 0 Å². The molecule has 1 aromatic carbocycles. The van der Waals surface area contributed by atoms with Gasteiger partial charge >= 0.3 is 0 Å². The van der Waals surface area contributed by atoms with Gasteiger partial charge in [-0.2, -0.15) is 15.1 Å². The van der Waals surface area contributed by atoms with Crippen LogP contribution in [0.3, 0.4) is 0 Å². The van der Waals surface area contributed by atoms with Crippen molar-refractivity contribution in [2.45, 2.75) is 6.54 Å². The van der Waals surface area contributed by atoms with Crippen molar-refractivity contribution in [3.05, 3.63) is 36.0 Å². The molecular weight excluding hydrogens is 356 g/mol. The molecule has 2 heterocycles. The first-order valence-corrected chi connectivity index (χ1v) is 8.01. The first-order chi connectivity index (χ1) is 12.2. The summed E-state index contributed by atoms with van der Waals surface area (Å²) in [6.07, 6.45) is 1.76. The summed E-state index contributed by atoms with van der Waals surface area (Å²) in [6, 6.07) is 7.89. The van der Waals surface area contributed by atoms with Crippen molar-refractivity contribution in [2.24, 2.45) is 7.05 Å². The van der Waals surface area contributed by atoms with Crippen LogP contribution in [0.2, 0.25) is 0 Å². The smallest absolute Gasteiger partial charge is 0.226 e. The molecule has 0 saturated heterocycles. The summed E-state index contributed by atoms with van der Waals surface area (Å²) >= 11 is 0. The molecule has 2 aromatic heterocycles. The van der Waals surface area contributed by atoms with Crippen molar-refractivity contribution >= 4 is 35.2 Å². The highest BCUT2D eigenvalue weighted by molar-refractivity contribution is 5.87. The summed E-state index contributed by atoms with van der Waals surface area (Å²) in [7, 11) is 5.19. The van der Waals surface area contributed by atoms with Gasteiger partial charge in [-0.15, -0.1) is 12.4 Å². The maximum absolute atomic E-state index is 5.40. The largest absolute Gasteiger partial charge is 0.496 e. The van der Waals surface area contributed by atoms with E-state index in [-0.39, 0.29) is 12.4 Å². The highest BCUT2D eigenvalue weighted by atomic mass is 35.5. The van der Waals surface area contributed by atoms with E-state index < -0.39 is 0 Å². The van der Waals surface area contributed by atoms with Crippen LogP contribution in [-0.4, -0.2) is 47.1 Å². The van der Waals surface area contributed by atoms with Crippen LogP contribution in [0.1, 0.15) is 5.56 Å². The van der Waals surface area contributed by atoms with E-state index in [2.05, 4.69) is 25.7 Å². The van der Waals surface area contributed by atoms with Crippen LogP contribution < -0.4 is 15.4 Å². The topological polar surface area (TPSA) is 86.1 Å². The monoisotopic (exact) mass is 378 g/mol. The minimum Gasteiger partial charge on any atom is -0.496 e. The van der Waals surface area contributed by atoms with Crippen molar-refractivity contribution < 1.29 is 9.47 Å². The molecule has 0 spiro atoms. The summed E-state index contributed by atoms with van der Waals surface area (Å²) in [4.78, 5) is 9.09. The Hall–Kier alpha value is -2.58. The maximum atomic E-state index is 5.40. The molecule has 0 atom stereocenters. The molecule has 9 heteroatoms. The number of ether oxygens (including phenoxy) is 2. The Bertz CT molecular complexity index is 854. The number of benzene rings is 1. The number of fused-ring (bicyclic) bond motifs is 1. The van der Waals surface area contributed by atoms with Crippen molar-refractivity contribution in [2.75, 3.05) is 38.0 Å². The lowest BCUT2D eigenvalue weighted by Gasteiger charge is -2.12. The van der Waals surface area contributed by atoms with Crippen LogP contribution in [0.5, 0.6) is 5.75 Å². The van der Waals surface area contributed by atoms with Crippen LogP contribution >= 0.6 is 12.4 Å². The van der Waals surface area contributed by atoms with Gasteiger partial charge in [0, 0.05) is 32.8 Å². The van der Waals surface area contributed by atoms with Gasteiger partial charge in [-0.1, -0.05) is 18.2 Å². The van der Waals surface area contributed by atoms with Gasteiger partial charge in [0.05, 0.1) is 25.3 Å². The molecule has 0 unspecified atom stereocenters. The standard InChI is InChI=1S/C17H22N6O2.ClH/c1-23-16-13(11-20-23)15(21-17(22-16)18-8-9-24-2)19-10-12-6-4-5-7-14(12)25-3;/h4-7,11H,8-10H2,1-3H3,(H2,18,19,21,22);1H. The van der Waals surface area contributed by atoms with E-state index in [4.69, 9.17) is 9.47 Å². The zero-order chi connectivity index (χ0) is 17.6. The molecule has 0 bridgehead atoms. The first kappa shape index (κ1) is 19.7. The number of methoxy groups -OCH3 is 2. The summed E-state index contributed by atoms with van der Waals surface area (Å²) < 4.78 is 12.2. The van der Waals surface area contributed by atoms with Gasteiger partial charge in [0.15, 0.2) is 5.65 Å². The van der Waals surface area contributed by atoms with Crippen molar-refractivity contribution in [3.8, 4) is 5.75 Å². The Balaban J connectivity index is 0.00000243. The fraction of sp³-hybridized carbons (Fsp3) is 0.353. The SMILES string of the molecule is COCCNc1nc(NCc2ccccc2OC)c2cnn(C)c2n1.Cl. The fourth-order valence-electron chi connectivity index (χ4n) is 2.53. The van der Waals surface area contributed by atoms with Crippen LogP contribution in [0.25, 0.3) is 11.0 Å².